The van der Waals surface area contributed by atoms with Crippen molar-refractivity contribution >= 4 is 0 Å². The van der Waals surface area contributed by atoms with Gasteiger partial charge in [-0.05, 0) is 25.3 Å². The van der Waals surface area contributed by atoms with Crippen molar-refractivity contribution in [1.82, 2.24) is 0 Å². The molecule has 0 saturated heterocycles. The van der Waals surface area contributed by atoms with Gasteiger partial charge in [0.15, 0.2) is 0 Å². The van der Waals surface area contributed by atoms with Crippen LogP contribution in [0.2, 0.25) is 0 Å². The summed E-state index contributed by atoms with van der Waals surface area (Å²) in [6, 6.07) is 0. The smallest absolute Gasteiger partial charge is 0.106 e. The third-order valence-corrected chi connectivity index (χ3v) is 1.89. The van der Waals surface area contributed by atoms with Gasteiger partial charge in [-0.25, -0.2) is 0 Å². The first-order valence-electron chi connectivity index (χ1n) is 4.36. The Morgan fingerprint density at radius 3 is 3.18 bits per heavy atom. The van der Waals surface area contributed by atoms with E-state index in [1.165, 1.54) is 31.4 Å². The van der Waals surface area contributed by atoms with Crippen LogP contribution in [0.3, 0.4) is 0 Å². The van der Waals surface area contributed by atoms with Crippen molar-refractivity contribution in [3.63, 3.8) is 0 Å². The largest absolute Gasteiger partial charge is 0.494 e. The Balaban J connectivity index is 2.28. The van der Waals surface area contributed by atoms with Crippen LogP contribution in [-0.4, -0.2) is 6.61 Å². The van der Waals surface area contributed by atoms with Crippen molar-refractivity contribution in [3.05, 3.63) is 24.5 Å². The molecule has 11 heavy (non-hydrogen) atoms. The summed E-state index contributed by atoms with van der Waals surface area (Å²) in [5.74, 6) is 1.17. The maximum absolute atomic E-state index is 5.46. The first-order valence-corrected chi connectivity index (χ1v) is 4.36. The Morgan fingerprint density at radius 2 is 2.36 bits per heavy atom. The Labute approximate surface area is 68.8 Å². The minimum atomic E-state index is 0.659. The molecule has 0 N–H and O–H groups in total. The molecule has 0 unspecified atom stereocenters. The molecule has 0 radical (unpaired) electrons. The standard InChI is InChI=1S/C10H16O/c1-2-9-11-10-7-5-3-4-6-8-10/h2,7H,1,3-6,8-9H2. The lowest BCUT2D eigenvalue weighted by atomic mass is 10.2. The second-order valence-electron chi connectivity index (χ2n) is 2.87. The molecular weight excluding hydrogens is 136 g/mol. The molecule has 0 aromatic heterocycles. The molecule has 0 aromatic rings. The predicted octanol–water partition coefficient (Wildman–Crippen LogP) is 3.04. The molecule has 0 saturated carbocycles. The first kappa shape index (κ1) is 8.38. The molecule has 0 aromatic carbocycles. The zero-order valence-corrected chi connectivity index (χ0v) is 7.01. The minimum absolute atomic E-state index is 0.659. The summed E-state index contributed by atoms with van der Waals surface area (Å²) in [5, 5.41) is 0. The fraction of sp³-hybridized carbons (Fsp3) is 0.600. The van der Waals surface area contributed by atoms with E-state index in [1.807, 2.05) is 0 Å². The fourth-order valence-electron chi connectivity index (χ4n) is 1.28. The van der Waals surface area contributed by atoms with E-state index in [1.54, 1.807) is 6.08 Å². The zero-order chi connectivity index (χ0) is 7.94. The molecule has 1 aliphatic carbocycles. The van der Waals surface area contributed by atoms with Gasteiger partial charge in [0.05, 0.1) is 5.76 Å². The highest BCUT2D eigenvalue weighted by Gasteiger charge is 2.01. The summed E-state index contributed by atoms with van der Waals surface area (Å²) in [4.78, 5) is 0. The molecule has 0 fully saturated rings. The summed E-state index contributed by atoms with van der Waals surface area (Å²) in [7, 11) is 0. The van der Waals surface area contributed by atoms with E-state index in [9.17, 15) is 0 Å². The molecule has 0 aliphatic heterocycles. The number of allylic oxidation sites excluding steroid dienone is 2. The number of rotatable bonds is 3. The van der Waals surface area contributed by atoms with Crippen LogP contribution in [0, 0.1) is 0 Å². The van der Waals surface area contributed by atoms with Gasteiger partial charge in [0.2, 0.25) is 0 Å². The second-order valence-corrected chi connectivity index (χ2v) is 2.87. The molecule has 0 spiro atoms. The third kappa shape index (κ3) is 3.26. The average Bonchev–Trinajstić information content (AvgIpc) is 2.28. The van der Waals surface area contributed by atoms with Crippen LogP contribution in [0.5, 0.6) is 0 Å². The van der Waals surface area contributed by atoms with Crippen LogP contribution in [-0.2, 0) is 4.74 Å². The number of ether oxygens (including phenoxy) is 1. The molecule has 1 nitrogen and oxygen atoms in total. The predicted molar refractivity (Wildman–Crippen MR) is 47.3 cm³/mol. The zero-order valence-electron chi connectivity index (χ0n) is 7.01. The Bertz CT molecular complexity index is 147. The maximum atomic E-state index is 5.46. The van der Waals surface area contributed by atoms with Gasteiger partial charge in [-0.15, -0.1) is 0 Å². The van der Waals surface area contributed by atoms with E-state index in [2.05, 4.69) is 12.7 Å². The van der Waals surface area contributed by atoms with E-state index in [0.717, 1.165) is 6.42 Å². The van der Waals surface area contributed by atoms with Gasteiger partial charge < -0.3 is 4.74 Å². The quantitative estimate of drug-likeness (QED) is 0.565. The summed E-state index contributed by atoms with van der Waals surface area (Å²) >= 11 is 0. The highest BCUT2D eigenvalue weighted by atomic mass is 16.5. The monoisotopic (exact) mass is 152 g/mol. The van der Waals surface area contributed by atoms with Crippen molar-refractivity contribution in [2.45, 2.75) is 32.1 Å². The van der Waals surface area contributed by atoms with E-state index in [0.29, 0.717) is 6.61 Å². The minimum Gasteiger partial charge on any atom is -0.494 e. The fourth-order valence-corrected chi connectivity index (χ4v) is 1.28. The van der Waals surface area contributed by atoms with Crippen LogP contribution in [0.1, 0.15) is 32.1 Å². The van der Waals surface area contributed by atoms with Crippen molar-refractivity contribution < 1.29 is 4.74 Å². The molecular formula is C10H16O. The van der Waals surface area contributed by atoms with E-state index in [-0.39, 0.29) is 0 Å². The molecule has 0 atom stereocenters. The highest BCUT2D eigenvalue weighted by Crippen LogP contribution is 2.17. The summed E-state index contributed by atoms with van der Waals surface area (Å²) in [5.41, 5.74) is 0. The van der Waals surface area contributed by atoms with Gasteiger partial charge >= 0.3 is 0 Å². The van der Waals surface area contributed by atoms with Crippen LogP contribution in [0.15, 0.2) is 24.5 Å². The highest BCUT2D eigenvalue weighted by molar-refractivity contribution is 4.95. The van der Waals surface area contributed by atoms with E-state index >= 15 is 0 Å². The second kappa shape index (κ2) is 5.00. The van der Waals surface area contributed by atoms with Crippen LogP contribution in [0.25, 0.3) is 0 Å². The Hall–Kier alpha value is -0.720. The van der Waals surface area contributed by atoms with Gasteiger partial charge in [-0.2, -0.15) is 0 Å². The van der Waals surface area contributed by atoms with Gasteiger partial charge in [0, 0.05) is 6.42 Å². The summed E-state index contributed by atoms with van der Waals surface area (Å²) in [6.07, 6.45) is 10.3. The van der Waals surface area contributed by atoms with Crippen molar-refractivity contribution in [2.75, 3.05) is 6.61 Å². The van der Waals surface area contributed by atoms with Crippen molar-refractivity contribution in [2.24, 2.45) is 0 Å². The SMILES string of the molecule is C=CCOC1=CCCCCC1. The van der Waals surface area contributed by atoms with Gasteiger partial charge in [0.1, 0.15) is 6.61 Å². The third-order valence-electron chi connectivity index (χ3n) is 1.89. The Morgan fingerprint density at radius 1 is 1.45 bits per heavy atom. The number of hydrogen-bond acceptors (Lipinski definition) is 1. The molecule has 0 bridgehead atoms. The molecule has 0 amide bonds. The lowest BCUT2D eigenvalue weighted by Gasteiger charge is -2.05. The average molecular weight is 152 g/mol. The topological polar surface area (TPSA) is 9.23 Å². The maximum Gasteiger partial charge on any atom is 0.106 e. The first-order chi connectivity index (χ1) is 5.43. The van der Waals surface area contributed by atoms with Gasteiger partial charge in [-0.1, -0.05) is 19.1 Å². The lowest BCUT2D eigenvalue weighted by Crippen LogP contribution is -1.90. The number of hydrogen-bond donors (Lipinski definition) is 0. The van der Waals surface area contributed by atoms with Crippen LogP contribution in [0.4, 0.5) is 0 Å². The summed E-state index contributed by atoms with van der Waals surface area (Å²) in [6.45, 7) is 4.27. The normalized spacial score (nSPS) is 18.4. The van der Waals surface area contributed by atoms with Crippen molar-refractivity contribution in [3.8, 4) is 0 Å². The molecule has 1 aliphatic rings. The van der Waals surface area contributed by atoms with Gasteiger partial charge in [-0.3, -0.25) is 0 Å². The van der Waals surface area contributed by atoms with E-state index in [4.69, 9.17) is 4.74 Å². The Kier molecular flexibility index (Phi) is 3.81. The molecule has 0 heterocycles. The van der Waals surface area contributed by atoms with Gasteiger partial charge in [0.25, 0.3) is 0 Å². The molecule has 1 rings (SSSR count). The van der Waals surface area contributed by atoms with Crippen LogP contribution < -0.4 is 0 Å². The summed E-state index contributed by atoms with van der Waals surface area (Å²) < 4.78 is 5.46. The van der Waals surface area contributed by atoms with Crippen LogP contribution >= 0.6 is 0 Å². The van der Waals surface area contributed by atoms with E-state index < -0.39 is 0 Å². The molecule has 62 valence electrons. The lowest BCUT2D eigenvalue weighted by molar-refractivity contribution is 0.234. The van der Waals surface area contributed by atoms with Crippen molar-refractivity contribution in [1.29, 1.82) is 0 Å². The molecule has 1 heteroatoms.